The van der Waals surface area contributed by atoms with Gasteiger partial charge < -0.3 is 0 Å². The number of benzene rings is 1. The van der Waals surface area contributed by atoms with Crippen LogP contribution in [0.4, 0.5) is 0 Å². The lowest BCUT2D eigenvalue weighted by Gasteiger charge is -1.90. The molecule has 1 heterocycles. The van der Waals surface area contributed by atoms with Crippen LogP contribution in [-0.2, 0) is 0 Å². The van der Waals surface area contributed by atoms with Crippen molar-refractivity contribution < 1.29 is 4.79 Å². The first-order chi connectivity index (χ1) is 6.59. The van der Waals surface area contributed by atoms with Crippen LogP contribution in [0, 0.1) is 0 Å². The third kappa shape index (κ3) is 1.54. The summed E-state index contributed by atoms with van der Waals surface area (Å²) in [6, 6.07) is 5.43. The number of halogens is 2. The van der Waals surface area contributed by atoms with E-state index >= 15 is 0 Å². The summed E-state index contributed by atoms with van der Waals surface area (Å²) in [5, 5.41) is 2.09. The van der Waals surface area contributed by atoms with Gasteiger partial charge >= 0.3 is 0 Å². The summed E-state index contributed by atoms with van der Waals surface area (Å²) >= 11 is 13.3. The summed E-state index contributed by atoms with van der Waals surface area (Å²) in [6.07, 6.45) is 0. The lowest BCUT2D eigenvalue weighted by Crippen LogP contribution is -1.85. The Morgan fingerprint density at radius 3 is 2.71 bits per heavy atom. The number of rotatable bonds is 1. The summed E-state index contributed by atoms with van der Waals surface area (Å²) in [5.41, 5.74) is 0. The Bertz CT molecular complexity index is 516. The number of fused-ring (bicyclic) bond motifs is 1. The average Bonchev–Trinajstić information content (AvgIpc) is 2.43. The lowest BCUT2D eigenvalue weighted by atomic mass is 10.2. The highest BCUT2D eigenvalue weighted by molar-refractivity contribution is 7.21. The number of carbonyl (C=O) groups excluding carboxylic acids is 1. The van der Waals surface area contributed by atoms with E-state index in [2.05, 4.69) is 0 Å². The second kappa shape index (κ2) is 3.54. The zero-order valence-electron chi connectivity index (χ0n) is 7.30. The Morgan fingerprint density at radius 2 is 2.07 bits per heavy atom. The fourth-order valence-corrected chi connectivity index (χ4v) is 3.00. The maximum Gasteiger partial charge on any atom is 0.171 e. The first kappa shape index (κ1) is 9.97. The molecule has 1 aromatic heterocycles. The highest BCUT2D eigenvalue weighted by Gasteiger charge is 2.13. The van der Waals surface area contributed by atoms with Gasteiger partial charge in [-0.2, -0.15) is 0 Å². The Labute approximate surface area is 95.3 Å². The topological polar surface area (TPSA) is 17.1 Å². The van der Waals surface area contributed by atoms with E-state index in [4.69, 9.17) is 23.2 Å². The monoisotopic (exact) mass is 244 g/mol. The van der Waals surface area contributed by atoms with Gasteiger partial charge in [0.15, 0.2) is 5.78 Å². The molecule has 0 aliphatic carbocycles. The van der Waals surface area contributed by atoms with Crippen molar-refractivity contribution in [3.05, 3.63) is 33.1 Å². The summed E-state index contributed by atoms with van der Waals surface area (Å²) in [5.74, 6) is -0.00711. The molecule has 0 bridgehead atoms. The third-order valence-corrected chi connectivity index (χ3v) is 3.90. The molecule has 72 valence electrons. The van der Waals surface area contributed by atoms with E-state index in [0.29, 0.717) is 14.9 Å². The molecule has 0 spiro atoms. The predicted molar refractivity (Wildman–Crippen MR) is 61.8 cm³/mol. The van der Waals surface area contributed by atoms with Gasteiger partial charge in [-0.3, -0.25) is 4.79 Å². The molecule has 0 fully saturated rings. The van der Waals surface area contributed by atoms with Crippen LogP contribution in [-0.4, -0.2) is 5.78 Å². The van der Waals surface area contributed by atoms with E-state index in [-0.39, 0.29) is 5.78 Å². The lowest BCUT2D eigenvalue weighted by molar-refractivity contribution is 0.102. The van der Waals surface area contributed by atoms with Crippen molar-refractivity contribution in [2.45, 2.75) is 6.92 Å². The van der Waals surface area contributed by atoms with Crippen LogP contribution >= 0.6 is 34.5 Å². The Hall–Kier alpha value is -0.570. The molecular weight excluding hydrogens is 239 g/mol. The molecule has 0 aliphatic rings. The minimum Gasteiger partial charge on any atom is -0.294 e. The molecule has 0 saturated carbocycles. The van der Waals surface area contributed by atoms with E-state index < -0.39 is 0 Å². The van der Waals surface area contributed by atoms with E-state index in [9.17, 15) is 4.79 Å². The summed E-state index contributed by atoms with van der Waals surface area (Å²) < 4.78 is 0.952. The van der Waals surface area contributed by atoms with Crippen LogP contribution in [0.5, 0.6) is 0 Å². The molecule has 1 aromatic carbocycles. The second-order valence-electron chi connectivity index (χ2n) is 2.94. The van der Waals surface area contributed by atoms with Gasteiger partial charge in [0.1, 0.15) is 0 Å². The molecule has 0 unspecified atom stereocenters. The molecule has 14 heavy (non-hydrogen) atoms. The van der Waals surface area contributed by atoms with E-state index in [1.807, 2.05) is 12.1 Å². The number of hydrogen-bond donors (Lipinski definition) is 0. The maximum absolute atomic E-state index is 11.2. The van der Waals surface area contributed by atoms with Crippen molar-refractivity contribution in [2.75, 3.05) is 0 Å². The minimum atomic E-state index is -0.00711. The fraction of sp³-hybridized carbons (Fsp3) is 0.100. The van der Waals surface area contributed by atoms with Crippen molar-refractivity contribution in [3.8, 4) is 0 Å². The van der Waals surface area contributed by atoms with Crippen molar-refractivity contribution in [1.29, 1.82) is 0 Å². The molecular formula is C10H6Cl2OS. The molecule has 0 radical (unpaired) electrons. The van der Waals surface area contributed by atoms with Gasteiger partial charge in [0.05, 0.1) is 9.90 Å². The van der Waals surface area contributed by atoms with Crippen molar-refractivity contribution >= 4 is 50.4 Å². The predicted octanol–water partition coefficient (Wildman–Crippen LogP) is 4.41. The van der Waals surface area contributed by atoms with Crippen molar-refractivity contribution in [3.63, 3.8) is 0 Å². The quantitative estimate of drug-likeness (QED) is 0.680. The van der Waals surface area contributed by atoms with Gasteiger partial charge in [-0.25, -0.2) is 0 Å². The van der Waals surface area contributed by atoms with Gasteiger partial charge in [-0.1, -0.05) is 29.3 Å². The molecule has 0 saturated heterocycles. The fourth-order valence-electron chi connectivity index (χ4n) is 1.27. The molecule has 4 heteroatoms. The van der Waals surface area contributed by atoms with Gasteiger partial charge in [-0.05, 0) is 12.1 Å². The van der Waals surface area contributed by atoms with Crippen molar-refractivity contribution in [2.24, 2.45) is 0 Å². The average molecular weight is 245 g/mol. The zero-order chi connectivity index (χ0) is 10.3. The highest BCUT2D eigenvalue weighted by atomic mass is 35.5. The normalized spacial score (nSPS) is 10.8. The summed E-state index contributed by atoms with van der Waals surface area (Å²) in [6.45, 7) is 1.51. The van der Waals surface area contributed by atoms with Crippen LogP contribution in [0.25, 0.3) is 10.1 Å². The molecule has 0 atom stereocenters. The Balaban J connectivity index is 2.79. The number of thiophene rings is 1. The number of ketones is 1. The van der Waals surface area contributed by atoms with Gasteiger partial charge in [0, 0.05) is 22.0 Å². The van der Waals surface area contributed by atoms with Crippen LogP contribution in [0.1, 0.15) is 16.6 Å². The first-order valence-electron chi connectivity index (χ1n) is 3.98. The van der Waals surface area contributed by atoms with E-state index in [1.165, 1.54) is 18.3 Å². The number of carbonyl (C=O) groups is 1. The first-order valence-corrected chi connectivity index (χ1v) is 5.55. The van der Waals surface area contributed by atoms with Crippen LogP contribution in [0.15, 0.2) is 18.2 Å². The summed E-state index contributed by atoms with van der Waals surface area (Å²) in [4.78, 5) is 11.8. The third-order valence-electron chi connectivity index (χ3n) is 1.91. The highest BCUT2D eigenvalue weighted by Crippen LogP contribution is 2.36. The largest absolute Gasteiger partial charge is 0.294 e. The molecule has 2 rings (SSSR count). The SMILES string of the molecule is CC(=O)c1sc2cc(Cl)ccc2c1Cl. The molecule has 1 nitrogen and oxygen atoms in total. The number of Topliss-reactive ketones (excluding diaryl/α,β-unsaturated/α-hetero) is 1. The van der Waals surface area contributed by atoms with Gasteiger partial charge in [-0.15, -0.1) is 11.3 Å². The molecule has 0 amide bonds. The minimum absolute atomic E-state index is 0.00711. The van der Waals surface area contributed by atoms with E-state index in [0.717, 1.165) is 10.1 Å². The van der Waals surface area contributed by atoms with Gasteiger partial charge in [0.25, 0.3) is 0 Å². The van der Waals surface area contributed by atoms with Crippen LogP contribution in [0.2, 0.25) is 10.0 Å². The molecule has 2 aromatic rings. The Kier molecular flexibility index (Phi) is 2.52. The van der Waals surface area contributed by atoms with Crippen LogP contribution < -0.4 is 0 Å². The number of hydrogen-bond acceptors (Lipinski definition) is 2. The Morgan fingerprint density at radius 1 is 1.36 bits per heavy atom. The molecule has 0 aliphatic heterocycles. The van der Waals surface area contributed by atoms with E-state index in [1.54, 1.807) is 6.07 Å². The maximum atomic E-state index is 11.2. The standard InChI is InChI=1S/C10H6Cl2OS/c1-5(13)10-9(12)7-3-2-6(11)4-8(7)14-10/h2-4H,1H3. The molecule has 0 N–H and O–H groups in total. The smallest absolute Gasteiger partial charge is 0.171 e. The summed E-state index contributed by atoms with van der Waals surface area (Å²) in [7, 11) is 0. The van der Waals surface area contributed by atoms with Crippen molar-refractivity contribution in [1.82, 2.24) is 0 Å². The second-order valence-corrected chi connectivity index (χ2v) is 4.81. The van der Waals surface area contributed by atoms with Gasteiger partial charge in [0.2, 0.25) is 0 Å². The van der Waals surface area contributed by atoms with Crippen LogP contribution in [0.3, 0.4) is 0 Å². The zero-order valence-corrected chi connectivity index (χ0v) is 9.63.